The van der Waals surface area contributed by atoms with E-state index >= 15 is 0 Å². The SMILES string of the molecule is CCC(C)(CC(C)(CC(C)(C)C(=O)OCCCOc1cc(/C=C/c2ccc(C(C)(C)C)cc2)c(OC)cc1/C=C/c1ccc(C(C)(C)C)cc1)C(=O)OCCOC(=O)/C=C/c1ccccc1)C(=O)OCc1ccc(-c2nnc(-c3ccc(-c4ccccc4)cc3)o2)cc1. The second-order valence-electron chi connectivity index (χ2n) is 26.8. The number of esters is 4. The number of carbonyl (C=O) groups excluding carboxylic acids is 4. The van der Waals surface area contributed by atoms with Gasteiger partial charge in [0.05, 0.1) is 36.6 Å². The number of ether oxygens (including phenoxy) is 6. The van der Waals surface area contributed by atoms with Gasteiger partial charge in [-0.05, 0) is 145 Å². The highest BCUT2D eigenvalue weighted by molar-refractivity contribution is 5.87. The first kappa shape index (κ1) is 69.3. The molecule has 484 valence electrons. The van der Waals surface area contributed by atoms with E-state index in [1.54, 1.807) is 40.9 Å². The third kappa shape index (κ3) is 19.5. The van der Waals surface area contributed by atoms with E-state index in [1.807, 2.05) is 140 Å². The fourth-order valence-electron chi connectivity index (χ4n) is 11.0. The zero-order valence-electron chi connectivity index (χ0n) is 55.9. The van der Waals surface area contributed by atoms with Gasteiger partial charge in [0.25, 0.3) is 0 Å². The van der Waals surface area contributed by atoms with Crippen LogP contribution in [0.2, 0.25) is 0 Å². The first-order valence-electron chi connectivity index (χ1n) is 31.8. The van der Waals surface area contributed by atoms with Crippen LogP contribution in [0.1, 0.15) is 146 Å². The van der Waals surface area contributed by atoms with E-state index in [1.165, 1.54) is 17.2 Å². The van der Waals surface area contributed by atoms with E-state index in [2.05, 4.69) is 112 Å². The van der Waals surface area contributed by atoms with Gasteiger partial charge >= 0.3 is 23.9 Å². The number of methoxy groups -OCH3 is 1. The lowest BCUT2D eigenvalue weighted by Crippen LogP contribution is -2.44. The van der Waals surface area contributed by atoms with Crippen LogP contribution in [0, 0.1) is 16.2 Å². The van der Waals surface area contributed by atoms with E-state index in [0.29, 0.717) is 40.8 Å². The number of hydrogen-bond donors (Lipinski definition) is 0. The smallest absolute Gasteiger partial charge is 0.330 e. The van der Waals surface area contributed by atoms with Gasteiger partial charge in [-0.25, -0.2) is 4.79 Å². The van der Waals surface area contributed by atoms with Crippen molar-refractivity contribution in [3.63, 3.8) is 0 Å². The van der Waals surface area contributed by atoms with Crippen LogP contribution in [-0.4, -0.2) is 67.6 Å². The second-order valence-corrected chi connectivity index (χ2v) is 26.8. The summed E-state index contributed by atoms with van der Waals surface area (Å²) in [5.74, 6) is -0.361. The Kier molecular flexibility index (Phi) is 23.2. The molecule has 0 aliphatic rings. The first-order chi connectivity index (χ1) is 44.3. The summed E-state index contributed by atoms with van der Waals surface area (Å²) < 4.78 is 41.8. The highest BCUT2D eigenvalue weighted by atomic mass is 16.6. The molecule has 0 bridgehead atoms. The zero-order chi connectivity index (χ0) is 66.8. The average Bonchev–Trinajstić information content (AvgIpc) is 1.42. The number of aromatic nitrogens is 2. The van der Waals surface area contributed by atoms with Gasteiger partial charge < -0.3 is 32.8 Å². The molecule has 1 aromatic heterocycles. The van der Waals surface area contributed by atoms with Crippen LogP contribution < -0.4 is 9.47 Å². The molecule has 0 aliphatic heterocycles. The number of hydrogen-bond acceptors (Lipinski definition) is 13. The summed E-state index contributed by atoms with van der Waals surface area (Å²) >= 11 is 0. The Balaban J connectivity index is 0.927. The molecular formula is C80H88N2O11. The van der Waals surface area contributed by atoms with Crippen LogP contribution in [0.5, 0.6) is 11.5 Å². The van der Waals surface area contributed by atoms with Crippen LogP contribution in [-0.2, 0) is 55.6 Å². The van der Waals surface area contributed by atoms with E-state index in [9.17, 15) is 19.2 Å². The summed E-state index contributed by atoms with van der Waals surface area (Å²) in [7, 11) is 1.65. The normalized spacial score (nSPS) is 13.3. The minimum atomic E-state index is -1.45. The third-order valence-corrected chi connectivity index (χ3v) is 16.5. The molecule has 0 saturated heterocycles. The fraction of sp³-hybridized carbons (Fsp3) is 0.325. The lowest BCUT2D eigenvalue weighted by molar-refractivity contribution is -0.171. The summed E-state index contributed by atoms with van der Waals surface area (Å²) in [5.41, 5.74) is 7.48. The summed E-state index contributed by atoms with van der Waals surface area (Å²) in [6, 6.07) is 55.5. The fourth-order valence-corrected chi connectivity index (χ4v) is 11.0. The predicted molar refractivity (Wildman–Crippen MR) is 370 cm³/mol. The Morgan fingerprint density at radius 1 is 0.452 bits per heavy atom. The maximum atomic E-state index is 14.5. The lowest BCUT2D eigenvalue weighted by atomic mass is 9.65. The summed E-state index contributed by atoms with van der Waals surface area (Å²) in [6.07, 6.45) is 11.6. The minimum absolute atomic E-state index is 0.0200. The van der Waals surface area contributed by atoms with Crippen LogP contribution in [0.4, 0.5) is 0 Å². The molecule has 0 spiro atoms. The minimum Gasteiger partial charge on any atom is -0.496 e. The molecule has 13 nitrogen and oxygen atoms in total. The van der Waals surface area contributed by atoms with Crippen LogP contribution >= 0.6 is 0 Å². The van der Waals surface area contributed by atoms with E-state index < -0.39 is 40.1 Å². The van der Waals surface area contributed by atoms with Gasteiger partial charge in [-0.3, -0.25) is 14.4 Å². The molecule has 93 heavy (non-hydrogen) atoms. The molecule has 7 aromatic carbocycles. The molecule has 0 N–H and O–H groups in total. The lowest BCUT2D eigenvalue weighted by Gasteiger charge is -2.39. The topological polar surface area (TPSA) is 163 Å². The second kappa shape index (κ2) is 31.1. The molecule has 8 rings (SSSR count). The molecule has 0 fully saturated rings. The monoisotopic (exact) mass is 1250 g/mol. The van der Waals surface area contributed by atoms with Crippen LogP contribution in [0.25, 0.3) is 64.4 Å². The predicted octanol–water partition coefficient (Wildman–Crippen LogP) is 18.1. The van der Waals surface area contributed by atoms with Crippen molar-refractivity contribution in [2.75, 3.05) is 33.5 Å². The highest BCUT2D eigenvalue weighted by Crippen LogP contribution is 2.46. The Labute approximate surface area is 548 Å². The van der Waals surface area contributed by atoms with Crippen molar-refractivity contribution in [1.29, 1.82) is 0 Å². The zero-order valence-corrected chi connectivity index (χ0v) is 55.9. The van der Waals surface area contributed by atoms with Gasteiger partial charge in [-0.2, -0.15) is 0 Å². The average molecular weight is 1250 g/mol. The van der Waals surface area contributed by atoms with E-state index in [4.69, 9.17) is 32.8 Å². The molecule has 0 amide bonds. The Morgan fingerprint density at radius 2 is 0.925 bits per heavy atom. The van der Waals surface area contributed by atoms with Gasteiger partial charge in [-0.15, -0.1) is 10.2 Å². The Hall–Kier alpha value is -9.62. The Morgan fingerprint density at radius 3 is 1.47 bits per heavy atom. The molecule has 0 radical (unpaired) electrons. The van der Waals surface area contributed by atoms with Crippen molar-refractivity contribution >= 4 is 54.3 Å². The number of benzene rings is 7. The van der Waals surface area contributed by atoms with Crippen molar-refractivity contribution < 1.29 is 52.0 Å². The summed E-state index contributed by atoms with van der Waals surface area (Å²) in [4.78, 5) is 55.8. The molecular weight excluding hydrogens is 1160 g/mol. The van der Waals surface area contributed by atoms with Crippen molar-refractivity contribution in [3.8, 4) is 45.5 Å². The van der Waals surface area contributed by atoms with Crippen LogP contribution in [0.3, 0.4) is 0 Å². The van der Waals surface area contributed by atoms with Crippen molar-refractivity contribution in [2.45, 2.75) is 119 Å². The van der Waals surface area contributed by atoms with Crippen LogP contribution in [0.15, 0.2) is 180 Å². The van der Waals surface area contributed by atoms with Crippen molar-refractivity contribution in [1.82, 2.24) is 10.2 Å². The van der Waals surface area contributed by atoms with Gasteiger partial charge in [-0.1, -0.05) is 206 Å². The van der Waals surface area contributed by atoms with Gasteiger partial charge in [0.15, 0.2) is 0 Å². The van der Waals surface area contributed by atoms with E-state index in [0.717, 1.165) is 44.5 Å². The molecule has 2 unspecified atom stereocenters. The molecule has 2 atom stereocenters. The van der Waals surface area contributed by atoms with E-state index in [-0.39, 0.29) is 63.1 Å². The number of carbonyl (C=O) groups is 4. The quantitative estimate of drug-likeness (QED) is 0.0150. The molecule has 8 aromatic rings. The highest BCUT2D eigenvalue weighted by Gasteiger charge is 2.50. The van der Waals surface area contributed by atoms with Crippen molar-refractivity contribution in [3.05, 3.63) is 220 Å². The third-order valence-electron chi connectivity index (χ3n) is 16.5. The molecule has 13 heteroatoms. The van der Waals surface area contributed by atoms with Crippen molar-refractivity contribution in [2.24, 2.45) is 16.2 Å². The standard InChI is InChI=1S/C80H88N2O11/c1-13-79(10,74(85)92-53-59-27-34-62(35-28-59)71-81-82-72(93-71)63-40-38-61(39-41-63)60-23-18-15-19-24-60)55-80(11,75(86)91-50-49-89-70(83)46-33-56-21-16-14-17-22-56)54-78(8,9)73(84)90-48-20-47-88-69-52-64(36-25-57-29-42-66(43-30-57)76(2,3)4)68(87-12)51-65(69)37-26-58-31-44-67(45-32-58)77(5,6)7/h14-19,21-46,51-52H,13,20,47-50,53-55H2,1-12H3/b36-25+,37-26+,46-33+. The summed E-state index contributed by atoms with van der Waals surface area (Å²) in [5, 5.41) is 8.59. The van der Waals surface area contributed by atoms with Gasteiger partial charge in [0.2, 0.25) is 11.8 Å². The molecule has 0 saturated carbocycles. The first-order valence-corrected chi connectivity index (χ1v) is 31.8. The Bertz CT molecular complexity index is 3870. The summed E-state index contributed by atoms with van der Waals surface area (Å²) in [6.45, 7) is 21.5. The van der Waals surface area contributed by atoms with Gasteiger partial charge in [0.1, 0.15) is 31.3 Å². The number of rotatable bonds is 28. The molecule has 1 heterocycles. The van der Waals surface area contributed by atoms with Gasteiger partial charge in [0, 0.05) is 34.8 Å². The largest absolute Gasteiger partial charge is 0.496 e. The maximum absolute atomic E-state index is 14.5. The molecule has 0 aliphatic carbocycles. The maximum Gasteiger partial charge on any atom is 0.330 e. The number of nitrogens with zero attached hydrogens (tertiary/aromatic N) is 2.